The molecule has 4 heteroatoms. The topological polar surface area (TPSA) is 49.4 Å². The van der Waals surface area contributed by atoms with E-state index in [0.29, 0.717) is 17.6 Å². The van der Waals surface area contributed by atoms with Crippen LogP contribution in [0, 0.1) is 29.6 Å². The summed E-state index contributed by atoms with van der Waals surface area (Å²) in [5, 5.41) is 1.70. The molecule has 1 amide bonds. The van der Waals surface area contributed by atoms with Crippen LogP contribution < -0.4 is 5.43 Å². The average Bonchev–Trinajstić information content (AvgIpc) is 2.82. The van der Waals surface area contributed by atoms with E-state index in [-0.39, 0.29) is 29.2 Å². The third kappa shape index (κ3) is 4.33. The fraction of sp³-hybridized carbons (Fsp3) is 0.810. The zero-order valence-electron chi connectivity index (χ0n) is 16.9. The van der Waals surface area contributed by atoms with Crippen LogP contribution in [0.3, 0.4) is 0 Å². The van der Waals surface area contributed by atoms with Crippen molar-refractivity contribution in [2.75, 3.05) is 0 Å². The molecule has 1 atom stereocenters. The molecule has 4 nitrogen and oxygen atoms in total. The first-order valence-electron chi connectivity index (χ1n) is 9.87. The quantitative estimate of drug-likeness (QED) is 0.778. The molecule has 2 rings (SSSR count). The van der Waals surface area contributed by atoms with Gasteiger partial charge in [0.05, 0.1) is 0 Å². The largest absolute Gasteiger partial charge is 0.299 e. The van der Waals surface area contributed by atoms with Crippen molar-refractivity contribution in [3.8, 4) is 0 Å². The lowest BCUT2D eigenvalue weighted by Crippen LogP contribution is -2.55. The number of Topliss-reactive ketones (excluding diaryl/α,β-unsaturated/α-hetero) is 1. The summed E-state index contributed by atoms with van der Waals surface area (Å²) in [7, 11) is 0. The van der Waals surface area contributed by atoms with Crippen LogP contribution in [0.1, 0.15) is 73.6 Å². The molecule has 1 unspecified atom stereocenters. The van der Waals surface area contributed by atoms with Crippen LogP contribution in [-0.2, 0) is 9.59 Å². The van der Waals surface area contributed by atoms with Gasteiger partial charge in [0, 0.05) is 35.4 Å². The van der Waals surface area contributed by atoms with E-state index in [1.807, 2.05) is 13.8 Å². The summed E-state index contributed by atoms with van der Waals surface area (Å²) in [6, 6.07) is 0. The molecule has 142 valence electrons. The van der Waals surface area contributed by atoms with Crippen LogP contribution in [0.2, 0.25) is 0 Å². The normalized spacial score (nSPS) is 28.3. The monoisotopic (exact) mass is 348 g/mol. The van der Waals surface area contributed by atoms with E-state index in [9.17, 15) is 9.59 Å². The number of hydrazine groups is 1. The summed E-state index contributed by atoms with van der Waals surface area (Å²) in [5.74, 6) is 1.74. The molecule has 0 radical (unpaired) electrons. The minimum absolute atomic E-state index is 0.0372. The van der Waals surface area contributed by atoms with E-state index in [2.05, 4.69) is 39.7 Å². The molecule has 2 aliphatic rings. The Balaban J connectivity index is 1.97. The molecule has 0 aromatic carbocycles. The molecule has 1 saturated heterocycles. The van der Waals surface area contributed by atoms with E-state index in [1.54, 1.807) is 5.01 Å². The third-order valence-electron chi connectivity index (χ3n) is 6.23. The highest BCUT2D eigenvalue weighted by Crippen LogP contribution is 2.38. The second-order valence-electron chi connectivity index (χ2n) is 9.23. The maximum absolute atomic E-state index is 12.7. The second-order valence-corrected chi connectivity index (χ2v) is 9.23. The molecule has 1 heterocycles. The van der Waals surface area contributed by atoms with Crippen LogP contribution in [-0.4, -0.2) is 22.2 Å². The Labute approximate surface area is 153 Å². The number of ketones is 1. The Morgan fingerprint density at radius 2 is 1.72 bits per heavy atom. The number of carbonyl (C=O) groups is 2. The zero-order valence-corrected chi connectivity index (χ0v) is 16.9. The fourth-order valence-electron chi connectivity index (χ4n) is 4.36. The van der Waals surface area contributed by atoms with E-state index >= 15 is 0 Å². The van der Waals surface area contributed by atoms with Gasteiger partial charge in [-0.15, -0.1) is 0 Å². The van der Waals surface area contributed by atoms with Gasteiger partial charge in [0.25, 0.3) is 0 Å². The molecular weight excluding hydrogens is 312 g/mol. The highest BCUT2D eigenvalue weighted by molar-refractivity contribution is 5.83. The molecule has 0 aromatic rings. The van der Waals surface area contributed by atoms with Crippen molar-refractivity contribution in [3.05, 3.63) is 12.3 Å². The van der Waals surface area contributed by atoms with Crippen LogP contribution in [0.4, 0.5) is 0 Å². The molecule has 0 bridgehead atoms. The van der Waals surface area contributed by atoms with Crippen molar-refractivity contribution >= 4 is 11.7 Å². The van der Waals surface area contributed by atoms with E-state index in [0.717, 1.165) is 37.8 Å². The number of hydrogen-bond donors (Lipinski definition) is 1. The number of nitrogens with zero attached hydrogens (tertiary/aromatic N) is 1. The van der Waals surface area contributed by atoms with Crippen molar-refractivity contribution in [2.24, 2.45) is 29.6 Å². The molecule has 1 N–H and O–H groups in total. The van der Waals surface area contributed by atoms with E-state index in [4.69, 9.17) is 0 Å². The predicted octanol–water partition coefficient (Wildman–Crippen LogP) is 4.32. The zero-order chi connectivity index (χ0) is 18.9. The van der Waals surface area contributed by atoms with Gasteiger partial charge in [-0.1, -0.05) is 34.3 Å². The van der Waals surface area contributed by atoms with E-state index in [1.165, 1.54) is 0 Å². The van der Waals surface area contributed by atoms with Crippen molar-refractivity contribution in [1.82, 2.24) is 10.4 Å². The highest BCUT2D eigenvalue weighted by Gasteiger charge is 2.42. The molecule has 0 spiro atoms. The Morgan fingerprint density at radius 3 is 2.16 bits per heavy atom. The number of allylic oxidation sites excluding steroid dienone is 1. The Bertz CT molecular complexity index is 528. The van der Waals surface area contributed by atoms with Gasteiger partial charge in [-0.25, -0.2) is 10.4 Å². The first kappa shape index (κ1) is 20.2. The highest BCUT2D eigenvalue weighted by atomic mass is 16.2. The van der Waals surface area contributed by atoms with Crippen LogP contribution in [0.25, 0.3) is 0 Å². The maximum atomic E-state index is 12.7. The van der Waals surface area contributed by atoms with Gasteiger partial charge in [0.15, 0.2) is 0 Å². The molecule has 1 saturated carbocycles. The van der Waals surface area contributed by atoms with E-state index < -0.39 is 0 Å². The van der Waals surface area contributed by atoms with Gasteiger partial charge in [-0.05, 0) is 51.4 Å². The third-order valence-corrected chi connectivity index (χ3v) is 6.23. The smallest absolute Gasteiger partial charge is 0.244 e. The SMILES string of the molecule is C=C1CC(C(C)C)C(=O)N1NC(C)(C)C1CCC(C(=O)C(C)C)CC1. The maximum Gasteiger partial charge on any atom is 0.244 e. The summed E-state index contributed by atoms with van der Waals surface area (Å²) in [6.45, 7) is 16.6. The summed E-state index contributed by atoms with van der Waals surface area (Å²) in [4.78, 5) is 24.9. The second kappa shape index (κ2) is 7.61. The molecular formula is C21H36N2O2. The Morgan fingerprint density at radius 1 is 1.16 bits per heavy atom. The predicted molar refractivity (Wildman–Crippen MR) is 101 cm³/mol. The standard InChI is InChI=1S/C21H36N2O2/c1-13(2)18-12-15(5)23(20(18)25)22-21(6,7)17-10-8-16(9-11-17)19(24)14(3)4/h13-14,16-18,22H,5,8-12H2,1-4,6-7H3. The van der Waals surface area contributed by atoms with Crippen molar-refractivity contribution in [3.63, 3.8) is 0 Å². The fourth-order valence-corrected chi connectivity index (χ4v) is 4.36. The van der Waals surface area contributed by atoms with Gasteiger partial charge >= 0.3 is 0 Å². The molecule has 1 aliphatic carbocycles. The van der Waals surface area contributed by atoms with Gasteiger partial charge in [-0.3, -0.25) is 9.59 Å². The van der Waals surface area contributed by atoms with Crippen molar-refractivity contribution in [2.45, 2.75) is 79.2 Å². The molecule has 2 fully saturated rings. The number of rotatable bonds is 6. The minimum Gasteiger partial charge on any atom is -0.299 e. The summed E-state index contributed by atoms with van der Waals surface area (Å²) < 4.78 is 0. The first-order chi connectivity index (χ1) is 11.5. The van der Waals surface area contributed by atoms with Gasteiger partial charge < -0.3 is 0 Å². The first-order valence-corrected chi connectivity index (χ1v) is 9.87. The molecule has 1 aliphatic heterocycles. The Hall–Kier alpha value is -1.16. The lowest BCUT2D eigenvalue weighted by molar-refractivity contribution is -0.135. The summed E-state index contributed by atoms with van der Waals surface area (Å²) in [6.07, 6.45) is 4.75. The average molecular weight is 349 g/mol. The molecule has 25 heavy (non-hydrogen) atoms. The van der Waals surface area contributed by atoms with Gasteiger partial charge in [0.2, 0.25) is 5.91 Å². The number of carbonyl (C=O) groups excluding carboxylic acids is 2. The number of amides is 1. The minimum atomic E-state index is -0.184. The lowest BCUT2D eigenvalue weighted by atomic mass is 9.71. The number of hydrogen-bond acceptors (Lipinski definition) is 3. The number of nitrogens with one attached hydrogen (secondary N) is 1. The molecule has 0 aromatic heterocycles. The van der Waals surface area contributed by atoms with Gasteiger partial charge in [0.1, 0.15) is 5.78 Å². The summed E-state index contributed by atoms with van der Waals surface area (Å²) >= 11 is 0. The van der Waals surface area contributed by atoms with Crippen molar-refractivity contribution < 1.29 is 9.59 Å². The van der Waals surface area contributed by atoms with Crippen LogP contribution >= 0.6 is 0 Å². The Kier molecular flexibility index (Phi) is 6.13. The lowest BCUT2D eigenvalue weighted by Gasteiger charge is -2.42. The van der Waals surface area contributed by atoms with Crippen molar-refractivity contribution in [1.29, 1.82) is 0 Å². The van der Waals surface area contributed by atoms with Crippen LogP contribution in [0.5, 0.6) is 0 Å². The van der Waals surface area contributed by atoms with Crippen LogP contribution in [0.15, 0.2) is 12.3 Å². The summed E-state index contributed by atoms with van der Waals surface area (Å²) in [5.41, 5.74) is 4.17. The van der Waals surface area contributed by atoms with Gasteiger partial charge in [-0.2, -0.15) is 0 Å².